The Morgan fingerprint density at radius 2 is 1.24 bits per heavy atom. The molecule has 59 heavy (non-hydrogen) atoms. The van der Waals surface area contributed by atoms with Crippen LogP contribution < -0.4 is 40.2 Å². The van der Waals surface area contributed by atoms with Crippen LogP contribution in [0, 0.1) is 29.6 Å². The first kappa shape index (κ1) is 52.4. The molecular weight excluding hydrogens is 772 g/mol. The molecule has 6 heterocycles. The minimum atomic E-state index is -1.39. The van der Waals surface area contributed by atoms with Gasteiger partial charge in [0, 0.05) is 90.8 Å². The molecule has 0 aromatic heterocycles. The second-order valence-electron chi connectivity index (χ2n) is 20.8. The fourth-order valence-corrected chi connectivity index (χ4v) is 11.0. The van der Waals surface area contributed by atoms with Gasteiger partial charge in [-0.1, -0.05) is 0 Å². The molecule has 16 heteroatoms. The summed E-state index contributed by atoms with van der Waals surface area (Å²) in [7, 11) is -1.39. The molecule has 0 aromatic carbocycles. The summed E-state index contributed by atoms with van der Waals surface area (Å²) < 4.78 is 22.2. The predicted octanol–water partition coefficient (Wildman–Crippen LogP) is 2.83. The second kappa shape index (κ2) is 22.1. The van der Waals surface area contributed by atoms with E-state index in [-0.39, 0.29) is 67.1 Å². The molecule has 9 aliphatic rings. The van der Waals surface area contributed by atoms with Gasteiger partial charge in [0.05, 0.1) is 0 Å². The second-order valence-corrected chi connectivity index (χ2v) is 25.2. The van der Waals surface area contributed by atoms with Crippen molar-refractivity contribution in [2.45, 2.75) is 173 Å². The third-order valence-corrected chi connectivity index (χ3v) is 13.3. The van der Waals surface area contributed by atoms with E-state index in [2.05, 4.69) is 40.1 Å². The van der Waals surface area contributed by atoms with E-state index in [1.165, 1.54) is 71.1 Å². The van der Waals surface area contributed by atoms with E-state index < -0.39 is 8.32 Å². The normalized spacial score (nSPS) is 30.2. The Bertz CT molecular complexity index is 1340. The molecule has 3 unspecified atom stereocenters. The van der Waals surface area contributed by atoms with Crippen molar-refractivity contribution in [3.8, 4) is 0 Å². The van der Waals surface area contributed by atoms with Crippen LogP contribution in [0.2, 0.25) is 19.6 Å². The largest absolute Gasteiger partial charge is 1.00 e. The van der Waals surface area contributed by atoms with Gasteiger partial charge >= 0.3 is 41.7 Å². The van der Waals surface area contributed by atoms with Crippen molar-refractivity contribution in [3.63, 3.8) is 0 Å². The Balaban J connectivity index is 0.000000209. The van der Waals surface area contributed by atoms with Crippen molar-refractivity contribution < 1.29 is 57.8 Å². The Hall–Kier alpha value is -0.928. The van der Waals surface area contributed by atoms with Gasteiger partial charge in [0.1, 0.15) is 11.2 Å². The molecule has 9 rings (SSSR count). The summed E-state index contributed by atoms with van der Waals surface area (Å²) in [6.45, 7) is 35.3. The van der Waals surface area contributed by atoms with E-state index in [9.17, 15) is 9.59 Å². The summed E-state index contributed by atoms with van der Waals surface area (Å²) in [5, 5.41) is 13.2. The maximum atomic E-state index is 12.1. The minimum absolute atomic E-state index is 0. The molecule has 329 valence electrons. The molecule has 2 amide bonds. The molecule has 13 nitrogen and oxygen atoms in total. The van der Waals surface area contributed by atoms with E-state index in [0.29, 0.717) is 23.9 Å². The number of carbonyl (C=O) groups excluding carboxylic acids is 2. The quantitative estimate of drug-likeness (QED) is 0.233. The van der Waals surface area contributed by atoms with Crippen LogP contribution in [0.5, 0.6) is 0 Å². The molecule has 3 aliphatic carbocycles. The number of nitrogens with one attached hydrogen (secondary N) is 2. The molecule has 3 saturated carbocycles. The summed E-state index contributed by atoms with van der Waals surface area (Å²) >= 11 is 0. The van der Waals surface area contributed by atoms with E-state index >= 15 is 0 Å². The van der Waals surface area contributed by atoms with Crippen LogP contribution in [-0.2, 0) is 18.6 Å². The summed E-state index contributed by atoms with van der Waals surface area (Å²) in [4.78, 5) is 33.0. The summed E-state index contributed by atoms with van der Waals surface area (Å²) in [6.07, 6.45) is 11.4. The van der Waals surface area contributed by atoms with Crippen LogP contribution in [0.4, 0.5) is 9.59 Å². The number of ether oxygens (including phenoxy) is 3. The van der Waals surface area contributed by atoms with Crippen molar-refractivity contribution in [1.29, 1.82) is 5.26 Å². The number of likely N-dealkylation sites (tertiary alicyclic amines) is 4. The molecular formula is C43H78BN7NaO6Si. The minimum Gasteiger partial charge on any atom is -0.512 e. The SMILES string of the molecule is C1CC1N1CC[C@@H]2CNCC21.CC(C)(C)OC(=O)N1CC2NCC[C@@H]2C1.CC(C)(C)OC(=O)N1CC2[C@H](CCN2C2CC2)C1.CCOC1(O[Si](C)(C)C)CC1.[B].[C-]#N.[Na+]. The number of amides is 2. The topological polar surface area (TPSA) is 132 Å². The molecule has 6 aliphatic heterocycles. The summed E-state index contributed by atoms with van der Waals surface area (Å²) in [5.74, 6) is 2.16. The van der Waals surface area contributed by atoms with Crippen molar-refractivity contribution in [2.75, 3.05) is 65.5 Å². The van der Waals surface area contributed by atoms with Gasteiger partial charge in [-0.3, -0.25) is 9.80 Å². The van der Waals surface area contributed by atoms with Gasteiger partial charge in [-0.05, 0) is 157 Å². The number of rotatable bonds is 6. The molecule has 0 bridgehead atoms. The average molecular weight is 851 g/mol. The molecule has 3 radical (unpaired) electrons. The van der Waals surface area contributed by atoms with Crippen molar-refractivity contribution in [2.24, 2.45) is 17.8 Å². The number of hydrogen-bond acceptors (Lipinski definition) is 11. The Kier molecular flexibility index (Phi) is 19.6. The zero-order valence-electron chi connectivity index (χ0n) is 38.8. The summed E-state index contributed by atoms with van der Waals surface area (Å²) in [6, 6.07) is 3.83. The Morgan fingerprint density at radius 1 is 0.729 bits per heavy atom. The Labute approximate surface area is 383 Å². The number of nitrogens with zero attached hydrogens (tertiary/aromatic N) is 5. The van der Waals surface area contributed by atoms with Gasteiger partial charge in [0.15, 0.2) is 14.1 Å². The first-order chi connectivity index (χ1) is 26.8. The Morgan fingerprint density at radius 3 is 1.71 bits per heavy atom. The monoisotopic (exact) mass is 851 g/mol. The maximum absolute atomic E-state index is 12.1. The molecule has 2 N–H and O–H groups in total. The molecule has 0 aromatic rings. The van der Waals surface area contributed by atoms with Crippen molar-refractivity contribution >= 4 is 28.9 Å². The number of carbonyl (C=O) groups is 2. The van der Waals surface area contributed by atoms with Crippen LogP contribution in [0.1, 0.15) is 106 Å². The van der Waals surface area contributed by atoms with Crippen LogP contribution in [0.25, 0.3) is 0 Å². The van der Waals surface area contributed by atoms with Gasteiger partial charge in [0.25, 0.3) is 0 Å². The van der Waals surface area contributed by atoms with E-state index in [1.54, 1.807) is 0 Å². The van der Waals surface area contributed by atoms with Crippen LogP contribution in [0.15, 0.2) is 0 Å². The third kappa shape index (κ3) is 16.0. The zero-order valence-corrected chi connectivity index (χ0v) is 41.8. The van der Waals surface area contributed by atoms with Gasteiger partial charge < -0.3 is 50.9 Å². The third-order valence-electron chi connectivity index (χ3n) is 12.3. The fourth-order valence-electron chi connectivity index (χ4n) is 9.60. The van der Waals surface area contributed by atoms with Gasteiger partial charge in [-0.15, -0.1) is 0 Å². The molecule has 6 saturated heterocycles. The average Bonchev–Trinajstić information content (AvgIpc) is 3.98. The molecule has 6 atom stereocenters. The first-order valence-electron chi connectivity index (χ1n) is 22.3. The van der Waals surface area contributed by atoms with Gasteiger partial charge in [-0.2, -0.15) is 0 Å². The number of fused-ring (bicyclic) bond motifs is 3. The van der Waals surface area contributed by atoms with E-state index in [1.807, 2.05) is 58.3 Å². The van der Waals surface area contributed by atoms with E-state index in [0.717, 1.165) is 76.2 Å². The molecule has 0 spiro atoms. The zero-order chi connectivity index (χ0) is 41.8. The molecule has 9 fully saturated rings. The maximum Gasteiger partial charge on any atom is 1.00 e. The summed E-state index contributed by atoms with van der Waals surface area (Å²) in [5.41, 5.74) is -0.771. The smallest absolute Gasteiger partial charge is 0.512 e. The van der Waals surface area contributed by atoms with Crippen molar-refractivity contribution in [3.05, 3.63) is 6.57 Å². The first-order valence-corrected chi connectivity index (χ1v) is 25.7. The fraction of sp³-hybridized carbons (Fsp3) is 0.930. The number of hydrogen-bond donors (Lipinski definition) is 2. The van der Waals surface area contributed by atoms with Gasteiger partial charge in [-0.25, -0.2) is 9.59 Å². The van der Waals surface area contributed by atoms with Crippen molar-refractivity contribution in [1.82, 2.24) is 30.2 Å². The standard InChI is InChI=1S/C14H24N2O2.C11H20N2O2.C9H16N2.C8H18O2Si.CN.B.Na/c1-14(2,3)18-13(17)15-8-10-6-7-16(11-4-5-11)12(10)9-15;1-11(2,3)15-10(14)13-6-8-4-5-12-9(8)7-13;1-2-8(1)11-4-3-7-5-10-6-9(7)11;1-5-9-8(6-7-8)10-11(2,3)4;1-2;;/h10-12H,4-9H2,1-3H3;8-9,12H,4-7H2,1-3H3;7-10H,1-6H2;5-7H2,1-4H3;;;/q;;;;-1;;+1/t10-,12?;8-,9?;7-,9?;;;;/m111..../s1. The van der Waals surface area contributed by atoms with Crippen LogP contribution in [-0.4, -0.2) is 161 Å². The van der Waals surface area contributed by atoms with Gasteiger partial charge in [0.2, 0.25) is 0 Å². The van der Waals surface area contributed by atoms with Crippen LogP contribution in [0.3, 0.4) is 0 Å². The van der Waals surface area contributed by atoms with E-state index in [4.69, 9.17) is 30.5 Å². The predicted molar refractivity (Wildman–Crippen MR) is 230 cm³/mol. The van der Waals surface area contributed by atoms with Crippen LogP contribution >= 0.6 is 0 Å².